The van der Waals surface area contributed by atoms with Crippen LogP contribution < -0.4 is 0 Å². The molecule has 10 nitrogen and oxygen atoms in total. The number of benzene rings is 4. The van der Waals surface area contributed by atoms with E-state index in [-0.39, 0.29) is 36.5 Å². The van der Waals surface area contributed by atoms with E-state index in [0.717, 1.165) is 11.1 Å². The summed E-state index contributed by atoms with van der Waals surface area (Å²) in [7, 11) is 0. The molecule has 0 spiro atoms. The van der Waals surface area contributed by atoms with Gasteiger partial charge in [-0.05, 0) is 133 Å². The molecule has 246 valence electrons. The zero-order valence-electron chi connectivity index (χ0n) is 25.5. The van der Waals surface area contributed by atoms with Gasteiger partial charge in [-0.1, -0.05) is 24.3 Å². The summed E-state index contributed by atoms with van der Waals surface area (Å²) in [5, 5.41) is 99.5. The maximum atomic E-state index is 10.8. The average molecular weight is 635 g/mol. The van der Waals surface area contributed by atoms with Crippen molar-refractivity contribution in [3.05, 3.63) is 94.0 Å². The lowest BCUT2D eigenvalue weighted by molar-refractivity contribution is 0.158. The maximum Gasteiger partial charge on any atom is 0.200 e. The summed E-state index contributed by atoms with van der Waals surface area (Å²) < 4.78 is 0. The fraction of sp³-hybridized carbons (Fsp3) is 0.333. The van der Waals surface area contributed by atoms with Crippen molar-refractivity contribution in [1.29, 1.82) is 0 Å². The van der Waals surface area contributed by atoms with Gasteiger partial charge >= 0.3 is 0 Å². The van der Waals surface area contributed by atoms with Gasteiger partial charge in [-0.15, -0.1) is 0 Å². The van der Waals surface area contributed by atoms with Gasteiger partial charge in [-0.2, -0.15) is 0 Å². The molecule has 0 saturated heterocycles. The predicted octanol–water partition coefficient (Wildman–Crippen LogP) is 4.68. The topological polar surface area (TPSA) is 202 Å². The number of aliphatic hydroxyl groups is 2. The third-order valence-electron chi connectivity index (χ3n) is 8.55. The minimum atomic E-state index is -0.576. The summed E-state index contributed by atoms with van der Waals surface area (Å²) in [5.74, 6) is -2.83. The number of hydrogen-bond donors (Lipinski definition) is 10. The monoisotopic (exact) mass is 634 g/mol. The Bertz CT molecular complexity index is 1590. The van der Waals surface area contributed by atoms with Crippen molar-refractivity contribution in [2.75, 3.05) is 13.2 Å². The minimum absolute atomic E-state index is 0.00721. The van der Waals surface area contributed by atoms with Crippen LogP contribution in [-0.2, 0) is 38.5 Å². The Morgan fingerprint density at radius 2 is 0.826 bits per heavy atom. The standard InChI is InChI=1S/C36H42O10/c37-11-1-2-27(12-21-3-7-25(29(39)14-21)9-5-23-16-31(41)35(45)32(42)17-23)28(20-38)13-22-4-8-26(30(40)15-22)10-6-24-18-33(43)36(46)34(44)19-24/h3-4,7-8,14-19,27-28,37-46H,1-2,5-6,9-13,20H2/t27-,28+/m1/s1. The van der Waals surface area contributed by atoms with E-state index < -0.39 is 34.5 Å². The molecule has 10 heteroatoms. The van der Waals surface area contributed by atoms with E-state index in [0.29, 0.717) is 73.6 Å². The van der Waals surface area contributed by atoms with Crippen LogP contribution in [0.5, 0.6) is 46.0 Å². The fourth-order valence-corrected chi connectivity index (χ4v) is 5.91. The molecular weight excluding hydrogens is 592 g/mol. The van der Waals surface area contributed by atoms with Gasteiger partial charge in [0.2, 0.25) is 0 Å². The molecule has 46 heavy (non-hydrogen) atoms. The SMILES string of the molecule is OCCC[C@H](Cc1ccc(CCc2cc(O)c(O)c(O)c2)c(O)c1)[C@H](CO)Cc1ccc(CCc2cc(O)c(O)c(O)c2)c(O)c1. The van der Waals surface area contributed by atoms with Crippen LogP contribution in [0.15, 0.2) is 60.7 Å². The van der Waals surface area contributed by atoms with E-state index >= 15 is 0 Å². The van der Waals surface area contributed by atoms with E-state index in [2.05, 4.69) is 0 Å². The van der Waals surface area contributed by atoms with Crippen LogP contribution in [0.25, 0.3) is 0 Å². The first-order valence-corrected chi connectivity index (χ1v) is 15.3. The first-order valence-electron chi connectivity index (χ1n) is 15.3. The van der Waals surface area contributed by atoms with E-state index in [1.54, 1.807) is 18.2 Å². The van der Waals surface area contributed by atoms with E-state index in [1.807, 2.05) is 18.2 Å². The van der Waals surface area contributed by atoms with Crippen LogP contribution in [0.3, 0.4) is 0 Å². The highest BCUT2D eigenvalue weighted by Gasteiger charge is 2.23. The minimum Gasteiger partial charge on any atom is -0.508 e. The lowest BCUT2D eigenvalue weighted by Crippen LogP contribution is -2.23. The molecule has 0 radical (unpaired) electrons. The zero-order chi connectivity index (χ0) is 33.4. The lowest BCUT2D eigenvalue weighted by Gasteiger charge is -2.26. The van der Waals surface area contributed by atoms with Crippen LogP contribution in [0.4, 0.5) is 0 Å². The van der Waals surface area contributed by atoms with Gasteiger partial charge in [0, 0.05) is 13.2 Å². The molecule has 4 aromatic rings. The molecule has 0 fully saturated rings. The lowest BCUT2D eigenvalue weighted by atomic mass is 9.80. The molecule has 0 aliphatic rings. The van der Waals surface area contributed by atoms with Crippen molar-refractivity contribution in [1.82, 2.24) is 0 Å². The Kier molecular flexibility index (Phi) is 11.5. The van der Waals surface area contributed by atoms with Gasteiger partial charge in [-0.25, -0.2) is 0 Å². The van der Waals surface area contributed by atoms with Crippen molar-refractivity contribution in [2.24, 2.45) is 11.8 Å². The van der Waals surface area contributed by atoms with Crippen LogP contribution in [-0.4, -0.2) is 64.3 Å². The van der Waals surface area contributed by atoms with E-state index in [9.17, 15) is 51.1 Å². The molecule has 0 aromatic heterocycles. The van der Waals surface area contributed by atoms with Crippen molar-refractivity contribution < 1.29 is 51.1 Å². The van der Waals surface area contributed by atoms with Gasteiger partial charge < -0.3 is 51.1 Å². The van der Waals surface area contributed by atoms with Crippen LogP contribution in [0.2, 0.25) is 0 Å². The highest BCUT2D eigenvalue weighted by molar-refractivity contribution is 5.52. The van der Waals surface area contributed by atoms with Crippen LogP contribution in [0.1, 0.15) is 46.2 Å². The fourth-order valence-electron chi connectivity index (χ4n) is 5.91. The molecule has 0 bridgehead atoms. The van der Waals surface area contributed by atoms with Gasteiger partial charge in [-0.3, -0.25) is 0 Å². The number of hydrogen-bond acceptors (Lipinski definition) is 10. The summed E-state index contributed by atoms with van der Waals surface area (Å²) in [6, 6.07) is 16.2. The van der Waals surface area contributed by atoms with Gasteiger partial charge in [0.1, 0.15) is 11.5 Å². The third-order valence-corrected chi connectivity index (χ3v) is 8.55. The van der Waals surface area contributed by atoms with Crippen molar-refractivity contribution in [3.8, 4) is 46.0 Å². The molecule has 4 rings (SSSR count). The summed E-state index contributed by atoms with van der Waals surface area (Å²) in [5.41, 5.74) is 4.24. The number of aromatic hydroxyl groups is 8. The average Bonchev–Trinajstić information content (AvgIpc) is 3.02. The highest BCUT2D eigenvalue weighted by Crippen LogP contribution is 2.37. The highest BCUT2D eigenvalue weighted by atomic mass is 16.3. The normalized spacial score (nSPS) is 12.7. The summed E-state index contributed by atoms with van der Waals surface area (Å²) >= 11 is 0. The van der Waals surface area contributed by atoms with Gasteiger partial charge in [0.05, 0.1) is 0 Å². The molecule has 0 saturated carbocycles. The molecule has 0 aliphatic heterocycles. The smallest absolute Gasteiger partial charge is 0.200 e. The molecule has 0 amide bonds. The Morgan fingerprint density at radius 1 is 0.435 bits per heavy atom. The number of aliphatic hydroxyl groups excluding tert-OH is 2. The van der Waals surface area contributed by atoms with Crippen molar-refractivity contribution >= 4 is 0 Å². The van der Waals surface area contributed by atoms with Crippen LogP contribution in [0, 0.1) is 11.8 Å². The number of aryl methyl sites for hydroxylation is 4. The second-order valence-electron chi connectivity index (χ2n) is 11.9. The number of phenolic OH excluding ortho intramolecular Hbond substituents is 8. The molecule has 2 atom stereocenters. The van der Waals surface area contributed by atoms with E-state index in [1.165, 1.54) is 24.3 Å². The molecule has 0 unspecified atom stereocenters. The summed E-state index contributed by atoms with van der Waals surface area (Å²) in [6.45, 7) is -0.101. The molecule has 0 heterocycles. The Hall–Kier alpha value is -4.80. The largest absolute Gasteiger partial charge is 0.508 e. The number of rotatable bonds is 15. The molecule has 4 aromatic carbocycles. The summed E-state index contributed by atoms with van der Waals surface area (Å²) in [4.78, 5) is 0. The van der Waals surface area contributed by atoms with Gasteiger partial charge in [0.15, 0.2) is 34.5 Å². The van der Waals surface area contributed by atoms with E-state index in [4.69, 9.17) is 0 Å². The first kappa shape index (κ1) is 34.1. The van der Waals surface area contributed by atoms with Gasteiger partial charge in [0.25, 0.3) is 0 Å². The van der Waals surface area contributed by atoms with Crippen molar-refractivity contribution in [2.45, 2.75) is 51.4 Å². The Labute approximate surface area is 267 Å². The summed E-state index contributed by atoms with van der Waals surface area (Å²) in [6.07, 6.45) is 3.91. The second kappa shape index (κ2) is 15.5. The number of phenols is 8. The Morgan fingerprint density at radius 3 is 1.20 bits per heavy atom. The molecular formula is C36H42O10. The van der Waals surface area contributed by atoms with Crippen molar-refractivity contribution in [3.63, 3.8) is 0 Å². The quantitative estimate of drug-likeness (QED) is 0.0818. The molecule has 0 aliphatic carbocycles. The maximum absolute atomic E-state index is 10.8. The first-order chi connectivity index (χ1) is 22.0. The third kappa shape index (κ3) is 8.68. The van der Waals surface area contributed by atoms with Crippen LogP contribution >= 0.6 is 0 Å². The predicted molar refractivity (Wildman–Crippen MR) is 172 cm³/mol. The second-order valence-corrected chi connectivity index (χ2v) is 11.9. The Balaban J connectivity index is 1.41. The zero-order valence-corrected chi connectivity index (χ0v) is 25.5. The molecule has 10 N–H and O–H groups in total.